The first kappa shape index (κ1) is 17.6. The normalized spacial score (nSPS) is 10.7. The lowest BCUT2D eigenvalue weighted by Gasteiger charge is -2.07. The van der Waals surface area contributed by atoms with Gasteiger partial charge in [0, 0.05) is 11.3 Å². The Labute approximate surface area is 156 Å². The highest BCUT2D eigenvalue weighted by Gasteiger charge is 2.04. The molecule has 0 radical (unpaired) electrons. The van der Waals surface area contributed by atoms with Gasteiger partial charge in [-0.05, 0) is 47.3 Å². The van der Waals surface area contributed by atoms with Crippen LogP contribution in [-0.4, -0.2) is 24.4 Å². The van der Waals surface area contributed by atoms with E-state index in [1.165, 1.54) is 7.11 Å². The third-order valence-corrected chi connectivity index (χ3v) is 3.95. The van der Waals surface area contributed by atoms with E-state index in [9.17, 15) is 4.79 Å². The van der Waals surface area contributed by atoms with Gasteiger partial charge in [-0.1, -0.05) is 42.5 Å². The fraction of sp³-hybridized carbons (Fsp3) is 0.0500. The summed E-state index contributed by atoms with van der Waals surface area (Å²) in [7, 11) is 1.35. The van der Waals surface area contributed by atoms with Gasteiger partial charge in [0.1, 0.15) is 0 Å². The summed E-state index contributed by atoms with van der Waals surface area (Å²) in [6.45, 7) is 0. The second kappa shape index (κ2) is 8.22. The minimum atomic E-state index is -0.378. The van der Waals surface area contributed by atoms with Gasteiger partial charge in [0.15, 0.2) is 5.11 Å². The Hall–Kier alpha value is -3.25. The number of rotatable bonds is 4. The van der Waals surface area contributed by atoms with Gasteiger partial charge in [0.2, 0.25) is 0 Å². The summed E-state index contributed by atoms with van der Waals surface area (Å²) in [4.78, 5) is 11.4. The van der Waals surface area contributed by atoms with Gasteiger partial charge in [-0.15, -0.1) is 0 Å². The Morgan fingerprint density at radius 3 is 2.54 bits per heavy atom. The molecule has 0 bridgehead atoms. The van der Waals surface area contributed by atoms with E-state index in [0.717, 1.165) is 22.0 Å². The van der Waals surface area contributed by atoms with Crippen molar-refractivity contribution in [3.05, 3.63) is 77.9 Å². The summed E-state index contributed by atoms with van der Waals surface area (Å²) in [5.74, 6) is -0.378. The molecule has 0 aliphatic carbocycles. The molecule has 26 heavy (non-hydrogen) atoms. The fourth-order valence-corrected chi connectivity index (χ4v) is 2.66. The largest absolute Gasteiger partial charge is 0.465 e. The Balaban J connectivity index is 1.61. The van der Waals surface area contributed by atoms with Gasteiger partial charge in [-0.2, -0.15) is 5.10 Å². The number of hydrogen-bond donors (Lipinski definition) is 2. The molecule has 3 aromatic rings. The summed E-state index contributed by atoms with van der Waals surface area (Å²) >= 11 is 5.23. The number of fused-ring (bicyclic) bond motifs is 1. The van der Waals surface area contributed by atoms with Crippen LogP contribution in [-0.2, 0) is 4.74 Å². The Morgan fingerprint density at radius 1 is 1.04 bits per heavy atom. The van der Waals surface area contributed by atoms with E-state index in [-0.39, 0.29) is 5.97 Å². The van der Waals surface area contributed by atoms with Crippen LogP contribution in [0.3, 0.4) is 0 Å². The smallest absolute Gasteiger partial charge is 0.337 e. The lowest BCUT2D eigenvalue weighted by Crippen LogP contribution is -2.23. The van der Waals surface area contributed by atoms with Crippen LogP contribution in [0.5, 0.6) is 0 Å². The van der Waals surface area contributed by atoms with Crippen LogP contribution in [0.2, 0.25) is 0 Å². The molecule has 0 saturated carbocycles. The third kappa shape index (κ3) is 4.23. The molecule has 0 spiro atoms. The lowest BCUT2D eigenvalue weighted by atomic mass is 10.1. The fourth-order valence-electron chi connectivity index (χ4n) is 2.49. The van der Waals surface area contributed by atoms with Crippen LogP contribution in [0.4, 0.5) is 5.69 Å². The van der Waals surface area contributed by atoms with E-state index in [0.29, 0.717) is 10.7 Å². The zero-order chi connectivity index (χ0) is 18.4. The number of esters is 1. The van der Waals surface area contributed by atoms with E-state index in [1.807, 2.05) is 24.3 Å². The van der Waals surface area contributed by atoms with Gasteiger partial charge in [0.25, 0.3) is 0 Å². The van der Waals surface area contributed by atoms with Gasteiger partial charge in [-0.3, -0.25) is 5.43 Å². The number of hydrogen-bond acceptors (Lipinski definition) is 4. The number of benzene rings is 3. The predicted octanol–water partition coefficient (Wildman–Crippen LogP) is 3.95. The number of thiocarbonyl (C=S) groups is 1. The molecule has 5 nitrogen and oxygen atoms in total. The number of nitrogens with one attached hydrogen (secondary N) is 2. The van der Waals surface area contributed by atoms with E-state index in [1.54, 1.807) is 30.5 Å². The second-order valence-corrected chi connectivity index (χ2v) is 5.87. The first-order chi connectivity index (χ1) is 12.7. The zero-order valence-electron chi connectivity index (χ0n) is 14.1. The molecule has 0 unspecified atom stereocenters. The molecule has 6 heteroatoms. The standard InChI is InChI=1S/C20H17N3O2S/c1-25-19(24)15-9-11-17(12-10-15)22-20(26)23-21-13-16-7-4-6-14-5-2-3-8-18(14)16/h2-13H,1H3,(H2,22,23,26). The second-order valence-electron chi connectivity index (χ2n) is 5.46. The van der Waals surface area contributed by atoms with E-state index >= 15 is 0 Å². The number of ether oxygens (including phenoxy) is 1. The molecule has 2 N–H and O–H groups in total. The lowest BCUT2D eigenvalue weighted by molar-refractivity contribution is 0.0601. The molecule has 130 valence electrons. The highest BCUT2D eigenvalue weighted by Crippen LogP contribution is 2.16. The Kier molecular flexibility index (Phi) is 5.56. The van der Waals surface area contributed by atoms with Crippen molar-refractivity contribution < 1.29 is 9.53 Å². The van der Waals surface area contributed by atoms with Crippen LogP contribution in [0, 0.1) is 0 Å². The van der Waals surface area contributed by atoms with E-state index < -0.39 is 0 Å². The summed E-state index contributed by atoms with van der Waals surface area (Å²) in [5.41, 5.74) is 5.02. The molecule has 3 rings (SSSR count). The predicted molar refractivity (Wildman–Crippen MR) is 109 cm³/mol. The topological polar surface area (TPSA) is 62.7 Å². The molecule has 0 fully saturated rings. The SMILES string of the molecule is COC(=O)c1ccc(NC(=S)NN=Cc2cccc3ccccc23)cc1. The maximum absolute atomic E-state index is 11.4. The van der Waals surface area contributed by atoms with Gasteiger partial charge in [0.05, 0.1) is 18.9 Å². The molecule has 3 aromatic carbocycles. The van der Waals surface area contributed by atoms with Crippen LogP contribution < -0.4 is 10.7 Å². The molecule has 0 aromatic heterocycles. The number of methoxy groups -OCH3 is 1. The van der Waals surface area contributed by atoms with Crippen molar-refractivity contribution in [1.29, 1.82) is 0 Å². The van der Waals surface area contributed by atoms with Crippen LogP contribution >= 0.6 is 12.2 Å². The first-order valence-electron chi connectivity index (χ1n) is 7.93. The Morgan fingerprint density at radius 2 is 1.77 bits per heavy atom. The summed E-state index contributed by atoms with van der Waals surface area (Å²) in [5, 5.41) is 9.83. The molecular formula is C20H17N3O2S. The van der Waals surface area contributed by atoms with Crippen LogP contribution in [0.1, 0.15) is 15.9 Å². The van der Waals surface area contributed by atoms with Crippen molar-refractivity contribution in [1.82, 2.24) is 5.43 Å². The number of carbonyl (C=O) groups is 1. The van der Waals surface area contributed by atoms with Crippen molar-refractivity contribution in [3.63, 3.8) is 0 Å². The third-order valence-electron chi connectivity index (χ3n) is 3.76. The quantitative estimate of drug-likeness (QED) is 0.318. The number of hydrazone groups is 1. The summed E-state index contributed by atoms with van der Waals surface area (Å²) < 4.78 is 4.67. The summed E-state index contributed by atoms with van der Waals surface area (Å²) in [6.07, 6.45) is 1.73. The Bertz CT molecular complexity index is 963. The van der Waals surface area contributed by atoms with Crippen molar-refractivity contribution in [2.45, 2.75) is 0 Å². The highest BCUT2D eigenvalue weighted by molar-refractivity contribution is 7.80. The van der Waals surface area contributed by atoms with Crippen molar-refractivity contribution >= 4 is 46.0 Å². The minimum absolute atomic E-state index is 0.354. The van der Waals surface area contributed by atoms with Gasteiger partial charge < -0.3 is 10.1 Å². The van der Waals surface area contributed by atoms with Gasteiger partial charge >= 0.3 is 5.97 Å². The van der Waals surface area contributed by atoms with Gasteiger partial charge in [-0.25, -0.2) is 4.79 Å². The average Bonchev–Trinajstić information content (AvgIpc) is 2.68. The average molecular weight is 363 g/mol. The molecule has 0 aliphatic heterocycles. The van der Waals surface area contributed by atoms with Crippen LogP contribution in [0.15, 0.2) is 71.8 Å². The number of nitrogens with zero attached hydrogens (tertiary/aromatic N) is 1. The number of carbonyl (C=O) groups excluding carboxylic acids is 1. The van der Waals surface area contributed by atoms with Crippen molar-refractivity contribution in [2.24, 2.45) is 5.10 Å². The number of anilines is 1. The van der Waals surface area contributed by atoms with Crippen LogP contribution in [0.25, 0.3) is 10.8 Å². The molecule has 0 amide bonds. The van der Waals surface area contributed by atoms with Crippen molar-refractivity contribution in [2.75, 3.05) is 12.4 Å². The zero-order valence-corrected chi connectivity index (χ0v) is 14.9. The van der Waals surface area contributed by atoms with E-state index in [2.05, 4.69) is 38.8 Å². The molecule has 0 atom stereocenters. The molecule has 0 saturated heterocycles. The monoisotopic (exact) mass is 363 g/mol. The maximum Gasteiger partial charge on any atom is 0.337 e. The molecular weight excluding hydrogens is 346 g/mol. The maximum atomic E-state index is 11.4. The van der Waals surface area contributed by atoms with Crippen molar-refractivity contribution in [3.8, 4) is 0 Å². The highest BCUT2D eigenvalue weighted by atomic mass is 32.1. The first-order valence-corrected chi connectivity index (χ1v) is 8.34. The van der Waals surface area contributed by atoms with E-state index in [4.69, 9.17) is 12.2 Å². The summed E-state index contributed by atoms with van der Waals surface area (Å²) in [6, 6.07) is 21.0. The molecule has 0 heterocycles. The minimum Gasteiger partial charge on any atom is -0.465 e. The molecule has 0 aliphatic rings.